The van der Waals surface area contributed by atoms with E-state index in [2.05, 4.69) is 53.9 Å². The van der Waals surface area contributed by atoms with Crippen LogP contribution in [0.1, 0.15) is 38.2 Å². The zero-order valence-electron chi connectivity index (χ0n) is 11.5. The van der Waals surface area contributed by atoms with Crippen LogP contribution in [0, 0.1) is 5.92 Å². The smallest absolute Gasteiger partial charge is 0.218 e. The van der Waals surface area contributed by atoms with Crippen molar-refractivity contribution in [2.24, 2.45) is 5.92 Å². The van der Waals surface area contributed by atoms with E-state index in [1.54, 1.807) is 0 Å². The first-order valence-corrected chi connectivity index (χ1v) is 7.16. The SMILES string of the molecule is CC1CCCCC1[N+]1=Cc2ccccc2N(C)C1. The van der Waals surface area contributed by atoms with Crippen molar-refractivity contribution in [2.75, 3.05) is 18.6 Å². The molecule has 2 unspecified atom stereocenters. The molecule has 3 rings (SSSR count). The van der Waals surface area contributed by atoms with Gasteiger partial charge in [-0.1, -0.05) is 25.5 Å². The quantitative estimate of drug-likeness (QED) is 0.687. The van der Waals surface area contributed by atoms with Gasteiger partial charge in [-0.2, -0.15) is 0 Å². The van der Waals surface area contributed by atoms with Crippen molar-refractivity contribution in [3.63, 3.8) is 0 Å². The standard InChI is InChI=1S/C16H23N2/c1-13-7-3-5-9-15(13)18-11-14-8-4-6-10-16(14)17(2)12-18/h4,6,8,10-11,13,15H,3,5,7,9,12H2,1-2H3/q+1. The van der Waals surface area contributed by atoms with Gasteiger partial charge >= 0.3 is 0 Å². The summed E-state index contributed by atoms with van der Waals surface area (Å²) in [5.74, 6) is 0.827. The summed E-state index contributed by atoms with van der Waals surface area (Å²) in [5.41, 5.74) is 2.72. The number of benzene rings is 1. The highest BCUT2D eigenvalue weighted by molar-refractivity contribution is 5.86. The van der Waals surface area contributed by atoms with Crippen molar-refractivity contribution in [3.05, 3.63) is 29.8 Å². The maximum absolute atomic E-state index is 2.56. The normalized spacial score (nSPS) is 27.7. The van der Waals surface area contributed by atoms with Crippen LogP contribution in [0.3, 0.4) is 0 Å². The molecule has 1 aromatic carbocycles. The highest BCUT2D eigenvalue weighted by Crippen LogP contribution is 2.29. The van der Waals surface area contributed by atoms with E-state index in [0.717, 1.165) is 18.6 Å². The van der Waals surface area contributed by atoms with Crippen molar-refractivity contribution in [3.8, 4) is 0 Å². The summed E-state index contributed by atoms with van der Waals surface area (Å²) >= 11 is 0. The molecule has 0 bridgehead atoms. The minimum atomic E-state index is 0.731. The Hall–Kier alpha value is -1.31. The number of hydrogen-bond acceptors (Lipinski definition) is 1. The molecule has 0 aromatic heterocycles. The molecule has 2 atom stereocenters. The molecule has 1 saturated carbocycles. The van der Waals surface area contributed by atoms with Crippen LogP contribution in [0.4, 0.5) is 5.69 Å². The maximum atomic E-state index is 2.56. The summed E-state index contributed by atoms with van der Waals surface area (Å²) < 4.78 is 2.56. The summed E-state index contributed by atoms with van der Waals surface area (Å²) in [6, 6.07) is 9.44. The second-order valence-corrected chi connectivity index (χ2v) is 5.87. The molecule has 0 saturated heterocycles. The number of anilines is 1. The Kier molecular flexibility index (Phi) is 3.11. The van der Waals surface area contributed by atoms with Crippen LogP contribution < -0.4 is 4.90 Å². The molecule has 1 aromatic rings. The Morgan fingerprint density at radius 1 is 1.17 bits per heavy atom. The van der Waals surface area contributed by atoms with Crippen LogP contribution in [0.5, 0.6) is 0 Å². The van der Waals surface area contributed by atoms with E-state index in [9.17, 15) is 0 Å². The Labute approximate surface area is 110 Å². The molecular formula is C16H23N2+. The van der Waals surface area contributed by atoms with Gasteiger partial charge in [0.2, 0.25) is 6.67 Å². The van der Waals surface area contributed by atoms with Gasteiger partial charge in [0.25, 0.3) is 0 Å². The van der Waals surface area contributed by atoms with Gasteiger partial charge in [-0.3, -0.25) is 0 Å². The minimum absolute atomic E-state index is 0.731. The number of fused-ring (bicyclic) bond motifs is 1. The lowest BCUT2D eigenvalue weighted by atomic mass is 9.85. The van der Waals surface area contributed by atoms with E-state index in [4.69, 9.17) is 0 Å². The minimum Gasteiger partial charge on any atom is -0.319 e. The number of rotatable bonds is 1. The molecule has 1 aliphatic heterocycles. The van der Waals surface area contributed by atoms with Crippen molar-refractivity contribution in [1.82, 2.24) is 0 Å². The molecule has 2 nitrogen and oxygen atoms in total. The molecule has 0 spiro atoms. The summed E-state index contributed by atoms with van der Waals surface area (Å²) in [4.78, 5) is 2.37. The van der Waals surface area contributed by atoms with Crippen LogP contribution in [0.15, 0.2) is 24.3 Å². The van der Waals surface area contributed by atoms with Crippen molar-refractivity contribution in [1.29, 1.82) is 0 Å². The first-order chi connectivity index (χ1) is 8.75. The zero-order valence-corrected chi connectivity index (χ0v) is 11.5. The van der Waals surface area contributed by atoms with E-state index in [-0.39, 0.29) is 0 Å². The molecule has 2 aliphatic rings. The Bertz CT molecular complexity index is 464. The van der Waals surface area contributed by atoms with Gasteiger partial charge in [-0.15, -0.1) is 0 Å². The fourth-order valence-electron chi connectivity index (χ4n) is 3.47. The molecule has 0 radical (unpaired) electrons. The van der Waals surface area contributed by atoms with Gasteiger partial charge in [0.1, 0.15) is 0 Å². The second-order valence-electron chi connectivity index (χ2n) is 5.87. The van der Waals surface area contributed by atoms with Crippen LogP contribution in [-0.4, -0.2) is 30.5 Å². The lowest BCUT2D eigenvalue weighted by Crippen LogP contribution is -2.43. The molecule has 1 aliphatic carbocycles. The highest BCUT2D eigenvalue weighted by Gasteiger charge is 2.33. The summed E-state index contributed by atoms with van der Waals surface area (Å²) in [6.45, 7) is 3.45. The third-order valence-electron chi connectivity index (χ3n) is 4.52. The molecule has 96 valence electrons. The van der Waals surface area contributed by atoms with E-state index < -0.39 is 0 Å². The number of hydrogen-bond donors (Lipinski definition) is 0. The van der Waals surface area contributed by atoms with Crippen molar-refractivity contribution in [2.45, 2.75) is 38.6 Å². The third kappa shape index (κ3) is 2.05. The molecule has 1 heterocycles. The monoisotopic (exact) mass is 243 g/mol. The summed E-state index contributed by atoms with van der Waals surface area (Å²) in [5, 5.41) is 0. The number of nitrogens with zero attached hydrogens (tertiary/aromatic N) is 2. The molecular weight excluding hydrogens is 220 g/mol. The van der Waals surface area contributed by atoms with Gasteiger partial charge in [0.15, 0.2) is 12.3 Å². The third-order valence-corrected chi connectivity index (χ3v) is 4.52. The van der Waals surface area contributed by atoms with Crippen molar-refractivity contribution < 1.29 is 4.58 Å². The molecule has 0 amide bonds. The van der Waals surface area contributed by atoms with E-state index in [1.807, 2.05) is 0 Å². The Morgan fingerprint density at radius 3 is 2.78 bits per heavy atom. The Balaban J connectivity index is 1.92. The topological polar surface area (TPSA) is 6.25 Å². The first-order valence-electron chi connectivity index (χ1n) is 7.16. The molecule has 0 N–H and O–H groups in total. The lowest BCUT2D eigenvalue weighted by molar-refractivity contribution is -0.572. The fraction of sp³-hybridized carbons (Fsp3) is 0.562. The van der Waals surface area contributed by atoms with E-state index in [0.29, 0.717) is 0 Å². The maximum Gasteiger partial charge on any atom is 0.218 e. The summed E-state index contributed by atoms with van der Waals surface area (Å²) in [6.07, 6.45) is 7.93. The van der Waals surface area contributed by atoms with Gasteiger partial charge in [-0.25, -0.2) is 4.58 Å². The van der Waals surface area contributed by atoms with Crippen LogP contribution in [0.25, 0.3) is 0 Å². The van der Waals surface area contributed by atoms with Gasteiger partial charge in [0.05, 0.1) is 11.3 Å². The molecule has 18 heavy (non-hydrogen) atoms. The van der Waals surface area contributed by atoms with E-state index in [1.165, 1.54) is 36.9 Å². The predicted molar refractivity (Wildman–Crippen MR) is 76.6 cm³/mol. The van der Waals surface area contributed by atoms with Gasteiger partial charge in [-0.05, 0) is 25.0 Å². The number of para-hydroxylation sites is 1. The van der Waals surface area contributed by atoms with Gasteiger partial charge < -0.3 is 4.90 Å². The van der Waals surface area contributed by atoms with Crippen LogP contribution >= 0.6 is 0 Å². The lowest BCUT2D eigenvalue weighted by Gasteiger charge is -2.31. The van der Waals surface area contributed by atoms with E-state index >= 15 is 0 Å². The Morgan fingerprint density at radius 2 is 1.94 bits per heavy atom. The average molecular weight is 243 g/mol. The average Bonchev–Trinajstić information content (AvgIpc) is 2.39. The predicted octanol–water partition coefficient (Wildman–Crippen LogP) is 3.10. The summed E-state index contributed by atoms with van der Waals surface area (Å²) in [7, 11) is 2.20. The fourth-order valence-corrected chi connectivity index (χ4v) is 3.47. The molecule has 1 fully saturated rings. The van der Waals surface area contributed by atoms with Crippen molar-refractivity contribution >= 4 is 11.9 Å². The largest absolute Gasteiger partial charge is 0.319 e. The zero-order chi connectivity index (χ0) is 12.5. The van der Waals surface area contributed by atoms with Crippen LogP contribution in [0.2, 0.25) is 0 Å². The first kappa shape index (κ1) is 11.8. The second kappa shape index (κ2) is 4.75. The molecule has 2 heteroatoms. The van der Waals surface area contributed by atoms with Crippen LogP contribution in [-0.2, 0) is 0 Å². The van der Waals surface area contributed by atoms with Gasteiger partial charge in [0, 0.05) is 19.4 Å². The highest BCUT2D eigenvalue weighted by atomic mass is 15.3.